The third-order valence-corrected chi connectivity index (χ3v) is 4.23. The van der Waals surface area contributed by atoms with E-state index in [1.807, 2.05) is 23.9 Å². The highest BCUT2D eigenvalue weighted by Gasteiger charge is 2.29. The Morgan fingerprint density at radius 3 is 2.35 bits per heavy atom. The van der Waals surface area contributed by atoms with Crippen LogP contribution in [0.25, 0.3) is 0 Å². The van der Waals surface area contributed by atoms with Crippen molar-refractivity contribution in [1.29, 1.82) is 0 Å². The lowest BCUT2D eigenvalue weighted by Crippen LogP contribution is -2.51. The Kier molecular flexibility index (Phi) is 6.50. The number of carbonyl (C=O) groups excluding carboxylic acids is 1. The Labute approximate surface area is 137 Å². The molecule has 1 saturated heterocycles. The number of likely N-dealkylation sites (N-methyl/N-ethyl adjacent to an activating group) is 1. The molecule has 1 atom stereocenters. The first-order chi connectivity index (χ1) is 11.0. The second kappa shape index (κ2) is 8.38. The second-order valence-corrected chi connectivity index (χ2v) is 6.08. The monoisotopic (exact) mass is 323 g/mol. The van der Waals surface area contributed by atoms with E-state index in [1.165, 1.54) is 12.1 Å². The number of piperazine rings is 1. The molecule has 0 bridgehead atoms. The van der Waals surface area contributed by atoms with Crippen LogP contribution in [0.15, 0.2) is 24.3 Å². The number of amides is 1. The van der Waals surface area contributed by atoms with Crippen molar-refractivity contribution in [1.82, 2.24) is 14.7 Å². The highest BCUT2D eigenvalue weighted by Crippen LogP contribution is 2.22. The van der Waals surface area contributed by atoms with Crippen LogP contribution < -0.4 is 0 Å². The van der Waals surface area contributed by atoms with E-state index < -0.39 is 0 Å². The molecule has 5 nitrogen and oxygen atoms in total. The number of hydrogen-bond donors (Lipinski definition) is 0. The Morgan fingerprint density at radius 1 is 1.22 bits per heavy atom. The molecule has 23 heavy (non-hydrogen) atoms. The highest BCUT2D eigenvalue weighted by molar-refractivity contribution is 5.83. The van der Waals surface area contributed by atoms with Crippen molar-refractivity contribution in [2.75, 3.05) is 60.5 Å². The number of ether oxygens (including phenoxy) is 1. The van der Waals surface area contributed by atoms with Crippen molar-refractivity contribution in [2.45, 2.75) is 6.04 Å². The zero-order valence-corrected chi connectivity index (χ0v) is 14.2. The van der Waals surface area contributed by atoms with Gasteiger partial charge < -0.3 is 9.64 Å². The molecule has 0 radical (unpaired) electrons. The molecular weight excluding hydrogens is 297 g/mol. The fourth-order valence-electron chi connectivity index (χ4n) is 2.89. The molecule has 1 aromatic rings. The summed E-state index contributed by atoms with van der Waals surface area (Å²) in [6.45, 7) is 4.76. The summed E-state index contributed by atoms with van der Waals surface area (Å²) in [6.07, 6.45) is 0. The molecule has 1 amide bonds. The van der Waals surface area contributed by atoms with E-state index in [0.717, 1.165) is 25.2 Å². The van der Waals surface area contributed by atoms with Gasteiger partial charge in [-0.2, -0.15) is 0 Å². The zero-order valence-electron chi connectivity index (χ0n) is 14.2. The highest BCUT2D eigenvalue weighted by atomic mass is 19.1. The van der Waals surface area contributed by atoms with Crippen LogP contribution >= 0.6 is 0 Å². The Balaban J connectivity index is 2.01. The predicted molar refractivity (Wildman–Crippen MR) is 87.7 cm³/mol. The van der Waals surface area contributed by atoms with Crippen molar-refractivity contribution in [3.8, 4) is 0 Å². The lowest BCUT2D eigenvalue weighted by atomic mass is 10.0. The number of halogens is 1. The van der Waals surface area contributed by atoms with Gasteiger partial charge in [-0.3, -0.25) is 14.6 Å². The molecular formula is C17H26FN3O2. The molecule has 0 unspecified atom stereocenters. The van der Waals surface area contributed by atoms with Gasteiger partial charge in [-0.05, 0) is 31.8 Å². The summed E-state index contributed by atoms with van der Waals surface area (Å²) in [5.41, 5.74) is 0.822. The fraction of sp³-hybridized carbons (Fsp3) is 0.588. The smallest absolute Gasteiger partial charge is 0.244 e. The average molecular weight is 323 g/mol. The summed E-state index contributed by atoms with van der Waals surface area (Å²) in [4.78, 5) is 19.0. The Morgan fingerprint density at radius 2 is 1.83 bits per heavy atom. The Bertz CT molecular complexity index is 499. The number of carbonyl (C=O) groups is 1. The van der Waals surface area contributed by atoms with Crippen LogP contribution in [0.5, 0.6) is 0 Å². The van der Waals surface area contributed by atoms with Crippen LogP contribution in [-0.2, 0) is 9.53 Å². The summed E-state index contributed by atoms with van der Waals surface area (Å²) in [6, 6.07) is 5.81. The van der Waals surface area contributed by atoms with E-state index in [2.05, 4.69) is 4.90 Å². The van der Waals surface area contributed by atoms with Gasteiger partial charge in [0.15, 0.2) is 0 Å². The van der Waals surface area contributed by atoms with Gasteiger partial charge in [-0.1, -0.05) is 12.1 Å². The molecule has 0 spiro atoms. The molecule has 1 aliphatic rings. The summed E-state index contributed by atoms with van der Waals surface area (Å²) in [7, 11) is 5.45. The topological polar surface area (TPSA) is 36.0 Å². The fourth-order valence-corrected chi connectivity index (χ4v) is 2.89. The summed E-state index contributed by atoms with van der Waals surface area (Å²) >= 11 is 0. The normalized spacial score (nSPS) is 17.5. The average Bonchev–Trinajstić information content (AvgIpc) is 2.55. The lowest BCUT2D eigenvalue weighted by Gasteiger charge is -2.37. The summed E-state index contributed by atoms with van der Waals surface area (Å²) in [5, 5.41) is 0. The first-order valence-electron chi connectivity index (χ1n) is 7.95. The molecule has 1 aromatic carbocycles. The number of hydrogen-bond acceptors (Lipinski definition) is 4. The van der Waals surface area contributed by atoms with Crippen molar-refractivity contribution in [2.24, 2.45) is 0 Å². The maximum absolute atomic E-state index is 13.1. The van der Waals surface area contributed by atoms with Crippen molar-refractivity contribution < 1.29 is 13.9 Å². The minimum Gasteiger partial charge on any atom is -0.383 e. The first kappa shape index (κ1) is 17.8. The van der Waals surface area contributed by atoms with Gasteiger partial charge in [0.05, 0.1) is 6.61 Å². The molecule has 1 heterocycles. The SMILES string of the molecule is COCCN1CCN(C(=O)[C@H](c2ccc(F)cc2)N(C)C)CC1. The van der Waals surface area contributed by atoms with E-state index in [1.54, 1.807) is 19.2 Å². The maximum atomic E-state index is 13.1. The second-order valence-electron chi connectivity index (χ2n) is 6.08. The minimum atomic E-state index is -0.374. The molecule has 6 heteroatoms. The van der Waals surface area contributed by atoms with Gasteiger partial charge in [-0.15, -0.1) is 0 Å². The van der Waals surface area contributed by atoms with Gasteiger partial charge in [0.2, 0.25) is 5.91 Å². The molecule has 0 aromatic heterocycles. The molecule has 0 aliphatic carbocycles. The van der Waals surface area contributed by atoms with E-state index >= 15 is 0 Å². The van der Waals surface area contributed by atoms with E-state index in [-0.39, 0.29) is 17.8 Å². The molecule has 1 fully saturated rings. The third kappa shape index (κ3) is 4.73. The third-order valence-electron chi connectivity index (χ3n) is 4.23. The van der Waals surface area contributed by atoms with Gasteiger partial charge in [0.25, 0.3) is 0 Å². The largest absolute Gasteiger partial charge is 0.383 e. The zero-order chi connectivity index (χ0) is 16.8. The van der Waals surface area contributed by atoms with Crippen LogP contribution in [0.4, 0.5) is 4.39 Å². The van der Waals surface area contributed by atoms with Gasteiger partial charge in [0.1, 0.15) is 11.9 Å². The first-order valence-corrected chi connectivity index (χ1v) is 7.95. The van der Waals surface area contributed by atoms with Gasteiger partial charge in [-0.25, -0.2) is 4.39 Å². The van der Waals surface area contributed by atoms with Gasteiger partial charge in [0, 0.05) is 39.8 Å². The van der Waals surface area contributed by atoms with Crippen molar-refractivity contribution >= 4 is 5.91 Å². The molecule has 0 saturated carbocycles. The number of nitrogens with zero attached hydrogens (tertiary/aromatic N) is 3. The lowest BCUT2D eigenvalue weighted by molar-refractivity contribution is -0.138. The predicted octanol–water partition coefficient (Wildman–Crippen LogP) is 1.22. The van der Waals surface area contributed by atoms with Crippen molar-refractivity contribution in [3.63, 3.8) is 0 Å². The van der Waals surface area contributed by atoms with Crippen LogP contribution in [0.2, 0.25) is 0 Å². The van der Waals surface area contributed by atoms with E-state index in [4.69, 9.17) is 4.74 Å². The summed E-state index contributed by atoms with van der Waals surface area (Å²) in [5.74, 6) is -0.210. The standard InChI is InChI=1S/C17H26FN3O2/c1-19(2)16(14-4-6-15(18)7-5-14)17(22)21-10-8-20(9-11-21)12-13-23-3/h4-7,16H,8-13H2,1-3H3/t16-/m0/s1. The summed E-state index contributed by atoms with van der Waals surface area (Å²) < 4.78 is 18.2. The minimum absolute atomic E-state index is 0.0769. The van der Waals surface area contributed by atoms with Crippen LogP contribution in [-0.4, -0.2) is 81.1 Å². The number of rotatable bonds is 6. The van der Waals surface area contributed by atoms with Crippen LogP contribution in [0, 0.1) is 5.82 Å². The van der Waals surface area contributed by atoms with Crippen LogP contribution in [0.3, 0.4) is 0 Å². The quantitative estimate of drug-likeness (QED) is 0.789. The molecule has 2 rings (SSSR count). The van der Waals surface area contributed by atoms with Gasteiger partial charge >= 0.3 is 0 Å². The number of methoxy groups -OCH3 is 1. The molecule has 0 N–H and O–H groups in total. The molecule has 128 valence electrons. The van der Waals surface area contributed by atoms with E-state index in [0.29, 0.717) is 19.7 Å². The van der Waals surface area contributed by atoms with Crippen LogP contribution in [0.1, 0.15) is 11.6 Å². The molecule has 1 aliphatic heterocycles. The van der Waals surface area contributed by atoms with Crippen molar-refractivity contribution in [3.05, 3.63) is 35.6 Å². The Hall–Kier alpha value is -1.50. The maximum Gasteiger partial charge on any atom is 0.244 e. The van der Waals surface area contributed by atoms with E-state index in [9.17, 15) is 9.18 Å². The number of benzene rings is 1.